The van der Waals surface area contributed by atoms with Crippen LogP contribution in [0.1, 0.15) is 45.5 Å². The maximum atomic E-state index is 12.7. The lowest BCUT2D eigenvalue weighted by Crippen LogP contribution is -2.16. The fourth-order valence-corrected chi connectivity index (χ4v) is 5.47. The summed E-state index contributed by atoms with van der Waals surface area (Å²) < 4.78 is 11.5. The molecule has 0 atom stereocenters. The van der Waals surface area contributed by atoms with Crippen molar-refractivity contribution in [2.45, 2.75) is 39.3 Å². The number of rotatable bonds is 14. The number of para-hydroxylation sites is 2. The molecule has 10 heteroatoms. The lowest BCUT2D eigenvalue weighted by atomic mass is 10.1. The third kappa shape index (κ3) is 9.47. The minimum absolute atomic E-state index is 0.0778. The molecule has 44 heavy (non-hydrogen) atoms. The van der Waals surface area contributed by atoms with Crippen LogP contribution < -0.4 is 16.4 Å². The van der Waals surface area contributed by atoms with Crippen LogP contribution in [-0.4, -0.2) is 25.2 Å². The van der Waals surface area contributed by atoms with Crippen LogP contribution in [0.4, 0.5) is 17.1 Å². The topological polar surface area (TPSA) is 103 Å². The van der Waals surface area contributed by atoms with Crippen molar-refractivity contribution in [3.8, 4) is 0 Å². The number of nitrogen functional groups attached to an aromatic ring is 1. The molecular weight excluding hydrogens is 665 g/mol. The van der Waals surface area contributed by atoms with Crippen LogP contribution in [0.5, 0.6) is 0 Å². The van der Waals surface area contributed by atoms with Gasteiger partial charge >= 0.3 is 11.9 Å². The van der Waals surface area contributed by atoms with E-state index in [1.807, 2.05) is 36.4 Å². The maximum Gasteiger partial charge on any atom is 0.338 e. The number of hydrogen-bond acceptors (Lipinski definition) is 7. The minimum Gasteiger partial charge on any atom is -0.465 e. The number of ether oxygens (including phenoxy) is 2. The van der Waals surface area contributed by atoms with Gasteiger partial charge in [0.2, 0.25) is 0 Å². The number of carbonyl (C=O) groups is 2. The largest absolute Gasteiger partial charge is 0.465 e. The second-order valence-electron chi connectivity index (χ2n) is 10.2. The molecule has 0 saturated heterocycles. The minimum atomic E-state index is -0.439. The molecule has 0 radical (unpaired) electrons. The number of nitrogens with two attached hydrogens (primary N) is 1. The molecule has 0 bridgehead atoms. The summed E-state index contributed by atoms with van der Waals surface area (Å²) in [6.45, 7) is 3.67. The van der Waals surface area contributed by atoms with Crippen molar-refractivity contribution in [2.24, 2.45) is 0 Å². The Bertz CT molecular complexity index is 1600. The highest BCUT2D eigenvalue weighted by Crippen LogP contribution is 2.33. The van der Waals surface area contributed by atoms with Crippen molar-refractivity contribution >= 4 is 68.1 Å². The van der Waals surface area contributed by atoms with E-state index in [1.165, 1.54) is 11.1 Å². The molecule has 230 valence electrons. The molecule has 4 rings (SSSR count). The van der Waals surface area contributed by atoms with E-state index in [4.69, 9.17) is 38.4 Å². The van der Waals surface area contributed by atoms with Gasteiger partial charge in [0.05, 0.1) is 46.6 Å². The second-order valence-corrected chi connectivity index (χ2v) is 11.8. The van der Waals surface area contributed by atoms with Gasteiger partial charge < -0.3 is 25.8 Å². The number of unbranched alkanes of at least 4 members (excludes halogenated alkanes) is 1. The van der Waals surface area contributed by atoms with Gasteiger partial charge in [0.1, 0.15) is 0 Å². The van der Waals surface area contributed by atoms with E-state index in [0.29, 0.717) is 63.1 Å². The number of halogens is 3. The molecule has 0 saturated carbocycles. The Morgan fingerprint density at radius 2 is 1.45 bits per heavy atom. The van der Waals surface area contributed by atoms with Crippen LogP contribution in [0.15, 0.2) is 83.3 Å². The number of aryl methyl sites for hydroxylation is 1. The van der Waals surface area contributed by atoms with Gasteiger partial charge in [-0.25, -0.2) is 4.79 Å². The molecule has 0 aliphatic rings. The first-order valence-corrected chi connectivity index (χ1v) is 15.7. The maximum absolute atomic E-state index is 12.7. The predicted octanol–water partition coefficient (Wildman–Crippen LogP) is 8.40. The first-order chi connectivity index (χ1) is 21.2. The highest BCUT2D eigenvalue weighted by Gasteiger charge is 2.15. The van der Waals surface area contributed by atoms with Gasteiger partial charge in [-0.05, 0) is 88.3 Å². The number of hydrogen-bond donors (Lipinski definition) is 3. The van der Waals surface area contributed by atoms with Crippen molar-refractivity contribution in [2.75, 3.05) is 24.3 Å². The molecule has 0 aromatic heterocycles. The van der Waals surface area contributed by atoms with Gasteiger partial charge in [0, 0.05) is 23.2 Å². The summed E-state index contributed by atoms with van der Waals surface area (Å²) in [5.74, 6) is -0.803. The van der Waals surface area contributed by atoms with Crippen molar-refractivity contribution in [3.63, 3.8) is 0 Å². The summed E-state index contributed by atoms with van der Waals surface area (Å²) >= 11 is 16.0. The van der Waals surface area contributed by atoms with Crippen LogP contribution in [0.3, 0.4) is 0 Å². The SMILES string of the molecule is Cc1ccccc1CNCc1cc(C(=O)OCCCCOC(=O)Cc2ccccc2Nc2c(Cl)cccc2Cl)cc(Br)c1N. The Morgan fingerprint density at radius 1 is 0.818 bits per heavy atom. The molecule has 0 aliphatic heterocycles. The van der Waals surface area contributed by atoms with Crippen LogP contribution in [0.25, 0.3) is 0 Å². The lowest BCUT2D eigenvalue weighted by Gasteiger charge is -2.14. The zero-order valence-corrected chi connectivity index (χ0v) is 27.4. The first-order valence-electron chi connectivity index (χ1n) is 14.2. The van der Waals surface area contributed by atoms with E-state index in [-0.39, 0.29) is 25.6 Å². The van der Waals surface area contributed by atoms with Crippen molar-refractivity contribution in [1.82, 2.24) is 5.32 Å². The van der Waals surface area contributed by atoms with Gasteiger partial charge in [-0.1, -0.05) is 71.7 Å². The summed E-state index contributed by atoms with van der Waals surface area (Å²) in [6.07, 6.45) is 1.17. The molecule has 4 aromatic carbocycles. The molecule has 7 nitrogen and oxygen atoms in total. The quantitative estimate of drug-likeness (QED) is 0.0691. The Hall–Kier alpha value is -3.56. The van der Waals surface area contributed by atoms with E-state index < -0.39 is 5.97 Å². The van der Waals surface area contributed by atoms with E-state index in [1.54, 1.807) is 30.3 Å². The average Bonchev–Trinajstić information content (AvgIpc) is 3.00. The number of carbonyl (C=O) groups excluding carboxylic acids is 2. The van der Waals surface area contributed by atoms with Gasteiger partial charge in [0.15, 0.2) is 0 Å². The van der Waals surface area contributed by atoms with E-state index in [0.717, 1.165) is 11.1 Å². The fraction of sp³-hybridized carbons (Fsp3) is 0.235. The van der Waals surface area contributed by atoms with Crippen molar-refractivity contribution in [1.29, 1.82) is 0 Å². The van der Waals surface area contributed by atoms with E-state index in [9.17, 15) is 9.59 Å². The molecular formula is C34H34BrCl2N3O4. The highest BCUT2D eigenvalue weighted by atomic mass is 79.9. The molecule has 0 unspecified atom stereocenters. The van der Waals surface area contributed by atoms with Crippen molar-refractivity contribution < 1.29 is 19.1 Å². The van der Waals surface area contributed by atoms with Crippen LogP contribution in [-0.2, 0) is 33.8 Å². The Morgan fingerprint density at radius 3 is 2.18 bits per heavy atom. The molecule has 0 fully saturated rings. The molecule has 4 N–H and O–H groups in total. The van der Waals surface area contributed by atoms with Gasteiger partial charge in [-0.3, -0.25) is 4.79 Å². The Kier molecular flexibility index (Phi) is 12.5. The van der Waals surface area contributed by atoms with E-state index >= 15 is 0 Å². The van der Waals surface area contributed by atoms with Crippen molar-refractivity contribution in [3.05, 3.63) is 121 Å². The zero-order chi connectivity index (χ0) is 31.5. The standard InChI is InChI=1S/C34H34BrCl2N3O4/c1-22-9-2-3-11-24(22)20-39-21-26-17-25(18-27(35)32(26)38)34(42)44-16-7-6-15-43-31(41)19-23-10-4-5-14-30(23)40-33-28(36)12-8-13-29(33)37/h2-5,8-14,17-18,39-40H,6-7,15-16,19-21,38H2,1H3. The van der Waals surface area contributed by atoms with Gasteiger partial charge in [-0.15, -0.1) is 0 Å². The third-order valence-electron chi connectivity index (χ3n) is 6.95. The van der Waals surface area contributed by atoms with Crippen LogP contribution in [0.2, 0.25) is 10.0 Å². The summed E-state index contributed by atoms with van der Waals surface area (Å²) in [5.41, 5.74) is 12.5. The normalized spacial score (nSPS) is 10.8. The van der Waals surface area contributed by atoms with Gasteiger partial charge in [0.25, 0.3) is 0 Å². The summed E-state index contributed by atoms with van der Waals surface area (Å²) in [4.78, 5) is 25.3. The first kappa shape index (κ1) is 33.3. The highest BCUT2D eigenvalue weighted by molar-refractivity contribution is 9.10. The molecule has 0 heterocycles. The average molecular weight is 699 g/mol. The zero-order valence-electron chi connectivity index (χ0n) is 24.3. The number of nitrogens with one attached hydrogen (secondary N) is 2. The molecule has 0 spiro atoms. The number of esters is 2. The van der Waals surface area contributed by atoms with Crippen LogP contribution >= 0.6 is 39.1 Å². The molecule has 0 amide bonds. The van der Waals surface area contributed by atoms with E-state index in [2.05, 4.69) is 45.6 Å². The second kappa shape index (κ2) is 16.5. The molecule has 4 aromatic rings. The third-order valence-corrected chi connectivity index (χ3v) is 8.24. The van der Waals surface area contributed by atoms with Gasteiger partial charge in [-0.2, -0.15) is 0 Å². The summed E-state index contributed by atoms with van der Waals surface area (Å²) in [6, 6.07) is 24.2. The number of anilines is 3. The summed E-state index contributed by atoms with van der Waals surface area (Å²) in [7, 11) is 0. The Labute approximate surface area is 276 Å². The number of benzene rings is 4. The predicted molar refractivity (Wildman–Crippen MR) is 181 cm³/mol. The fourth-order valence-electron chi connectivity index (χ4n) is 4.47. The lowest BCUT2D eigenvalue weighted by molar-refractivity contribution is -0.143. The monoisotopic (exact) mass is 697 g/mol. The summed E-state index contributed by atoms with van der Waals surface area (Å²) in [5, 5.41) is 7.57. The smallest absolute Gasteiger partial charge is 0.338 e. The Balaban J connectivity index is 1.19. The van der Waals surface area contributed by atoms with Crippen LogP contribution in [0, 0.1) is 6.92 Å². The molecule has 0 aliphatic carbocycles.